The van der Waals surface area contributed by atoms with Gasteiger partial charge in [-0.25, -0.2) is 9.97 Å². The monoisotopic (exact) mass is 254 g/mol. The second-order valence-corrected chi connectivity index (χ2v) is 4.07. The number of alkyl halides is 1. The van der Waals surface area contributed by atoms with E-state index >= 15 is 0 Å². The third-order valence-electron chi connectivity index (χ3n) is 1.18. The van der Waals surface area contributed by atoms with Crippen LogP contribution in [0.25, 0.3) is 0 Å². The fourth-order valence-corrected chi connectivity index (χ4v) is 2.02. The van der Waals surface area contributed by atoms with E-state index in [1.807, 2.05) is 6.92 Å². The van der Waals surface area contributed by atoms with Crippen LogP contribution in [0.15, 0.2) is 6.33 Å². The first kappa shape index (κ1) is 9.23. The average molecular weight is 256 g/mol. The molecule has 0 aliphatic heterocycles. The molecular weight excluding hydrogens is 251 g/mol. The van der Waals surface area contributed by atoms with Crippen molar-refractivity contribution in [2.45, 2.75) is 11.8 Å². The Bertz CT molecular complexity index is 245. The summed E-state index contributed by atoms with van der Waals surface area (Å²) in [4.78, 5) is 7.68. The molecule has 1 atom stereocenters. The Morgan fingerprint density at radius 3 is 2.09 bits per heavy atom. The van der Waals surface area contributed by atoms with E-state index in [0.29, 0.717) is 10.3 Å². The van der Waals surface area contributed by atoms with E-state index in [1.54, 1.807) is 0 Å². The van der Waals surface area contributed by atoms with E-state index in [4.69, 9.17) is 23.2 Å². The maximum absolute atomic E-state index is 5.76. The number of hydrogen-bond donors (Lipinski definition) is 0. The molecule has 1 rings (SSSR count). The van der Waals surface area contributed by atoms with Crippen LogP contribution in [0.1, 0.15) is 17.3 Å². The number of rotatable bonds is 1. The van der Waals surface area contributed by atoms with Gasteiger partial charge in [-0.15, -0.1) is 0 Å². The third kappa shape index (κ3) is 2.04. The summed E-state index contributed by atoms with van der Waals surface area (Å²) in [6, 6.07) is 0. The van der Waals surface area contributed by atoms with Gasteiger partial charge >= 0.3 is 0 Å². The van der Waals surface area contributed by atoms with Crippen LogP contribution in [-0.2, 0) is 0 Å². The first-order valence-electron chi connectivity index (χ1n) is 2.93. The standard InChI is InChI=1S/C6H5BrCl2N2/c1-3(7)4-5(8)10-2-11-6(4)9/h2-3H,1H3. The smallest absolute Gasteiger partial charge is 0.138 e. The first-order chi connectivity index (χ1) is 5.13. The van der Waals surface area contributed by atoms with Crippen LogP contribution in [0.2, 0.25) is 10.3 Å². The minimum atomic E-state index is 0.0729. The van der Waals surface area contributed by atoms with E-state index in [2.05, 4.69) is 25.9 Å². The van der Waals surface area contributed by atoms with Gasteiger partial charge in [0.1, 0.15) is 16.6 Å². The minimum absolute atomic E-state index is 0.0729. The Hall–Kier alpha value is 0.140. The van der Waals surface area contributed by atoms with Crippen LogP contribution in [0, 0.1) is 0 Å². The van der Waals surface area contributed by atoms with Crippen molar-refractivity contribution in [3.63, 3.8) is 0 Å². The molecule has 0 aliphatic carbocycles. The zero-order valence-corrected chi connectivity index (χ0v) is 8.78. The molecule has 0 aliphatic rings. The van der Waals surface area contributed by atoms with Crippen molar-refractivity contribution in [1.29, 1.82) is 0 Å². The molecule has 0 amide bonds. The van der Waals surface area contributed by atoms with Crippen molar-refractivity contribution in [1.82, 2.24) is 9.97 Å². The molecule has 0 N–H and O–H groups in total. The van der Waals surface area contributed by atoms with Crippen LogP contribution in [-0.4, -0.2) is 9.97 Å². The minimum Gasteiger partial charge on any atom is -0.224 e. The Labute approximate surface area is 83.1 Å². The van der Waals surface area contributed by atoms with Crippen LogP contribution < -0.4 is 0 Å². The lowest BCUT2D eigenvalue weighted by Crippen LogP contribution is -1.92. The van der Waals surface area contributed by atoms with Crippen molar-refractivity contribution < 1.29 is 0 Å². The highest BCUT2D eigenvalue weighted by Crippen LogP contribution is 2.31. The van der Waals surface area contributed by atoms with Gasteiger partial charge in [-0.2, -0.15) is 0 Å². The molecular formula is C6H5BrCl2N2. The Morgan fingerprint density at radius 2 is 1.82 bits per heavy atom. The quantitative estimate of drug-likeness (QED) is 0.569. The number of halogens is 3. The second-order valence-electron chi connectivity index (χ2n) is 1.98. The van der Waals surface area contributed by atoms with Gasteiger partial charge in [0.05, 0.1) is 0 Å². The lowest BCUT2D eigenvalue weighted by Gasteiger charge is -2.05. The van der Waals surface area contributed by atoms with E-state index in [1.165, 1.54) is 6.33 Å². The Balaban J connectivity index is 3.21. The van der Waals surface area contributed by atoms with Crippen LogP contribution in [0.4, 0.5) is 0 Å². The van der Waals surface area contributed by atoms with Crippen LogP contribution >= 0.6 is 39.1 Å². The van der Waals surface area contributed by atoms with Gasteiger partial charge in [-0.3, -0.25) is 0 Å². The zero-order chi connectivity index (χ0) is 8.43. The lowest BCUT2D eigenvalue weighted by atomic mass is 10.3. The van der Waals surface area contributed by atoms with Crippen LogP contribution in [0.3, 0.4) is 0 Å². The molecule has 11 heavy (non-hydrogen) atoms. The van der Waals surface area contributed by atoms with Gasteiger partial charge < -0.3 is 0 Å². The molecule has 0 saturated carbocycles. The van der Waals surface area contributed by atoms with E-state index in [-0.39, 0.29) is 4.83 Å². The Morgan fingerprint density at radius 1 is 1.36 bits per heavy atom. The van der Waals surface area contributed by atoms with Crippen LogP contribution in [0.5, 0.6) is 0 Å². The van der Waals surface area contributed by atoms with E-state index < -0.39 is 0 Å². The normalized spacial score (nSPS) is 13.1. The summed E-state index contributed by atoms with van der Waals surface area (Å²) < 4.78 is 0. The zero-order valence-electron chi connectivity index (χ0n) is 5.68. The molecule has 0 bridgehead atoms. The molecule has 1 heterocycles. The molecule has 1 aromatic rings. The molecule has 0 fully saturated rings. The maximum atomic E-state index is 5.76. The number of aromatic nitrogens is 2. The topological polar surface area (TPSA) is 25.8 Å². The molecule has 60 valence electrons. The van der Waals surface area contributed by atoms with Gasteiger partial charge in [-0.1, -0.05) is 39.1 Å². The number of nitrogens with zero attached hydrogens (tertiary/aromatic N) is 2. The highest BCUT2D eigenvalue weighted by Gasteiger charge is 2.12. The largest absolute Gasteiger partial charge is 0.224 e. The van der Waals surface area contributed by atoms with Gasteiger partial charge in [-0.05, 0) is 6.92 Å². The molecule has 0 radical (unpaired) electrons. The van der Waals surface area contributed by atoms with Gasteiger partial charge in [0.2, 0.25) is 0 Å². The molecule has 0 saturated heterocycles. The molecule has 2 nitrogen and oxygen atoms in total. The maximum Gasteiger partial charge on any atom is 0.138 e. The summed E-state index contributed by atoms with van der Waals surface area (Å²) in [5, 5.41) is 0.795. The molecule has 0 aromatic carbocycles. The molecule has 1 unspecified atom stereocenters. The van der Waals surface area contributed by atoms with Crippen molar-refractivity contribution in [2.75, 3.05) is 0 Å². The third-order valence-corrected chi connectivity index (χ3v) is 2.24. The van der Waals surface area contributed by atoms with E-state index in [0.717, 1.165) is 5.56 Å². The predicted molar refractivity (Wildman–Crippen MR) is 49.4 cm³/mol. The molecule has 5 heteroatoms. The summed E-state index contributed by atoms with van der Waals surface area (Å²) in [6.07, 6.45) is 1.34. The summed E-state index contributed by atoms with van der Waals surface area (Å²) >= 11 is 14.9. The molecule has 0 spiro atoms. The average Bonchev–Trinajstić information content (AvgIpc) is 1.85. The second kappa shape index (κ2) is 3.70. The Kier molecular flexibility index (Phi) is 3.10. The number of hydrogen-bond acceptors (Lipinski definition) is 2. The summed E-state index contributed by atoms with van der Waals surface area (Å²) in [5.41, 5.74) is 0.732. The summed E-state index contributed by atoms with van der Waals surface area (Å²) in [5.74, 6) is 0. The van der Waals surface area contributed by atoms with Gasteiger partial charge in [0.25, 0.3) is 0 Å². The fourth-order valence-electron chi connectivity index (χ4n) is 0.683. The predicted octanol–water partition coefficient (Wildman–Crippen LogP) is 3.24. The van der Waals surface area contributed by atoms with Crippen molar-refractivity contribution in [3.05, 3.63) is 22.2 Å². The lowest BCUT2D eigenvalue weighted by molar-refractivity contribution is 1.04. The van der Waals surface area contributed by atoms with E-state index in [9.17, 15) is 0 Å². The van der Waals surface area contributed by atoms with Gasteiger partial charge in [0.15, 0.2) is 0 Å². The van der Waals surface area contributed by atoms with Gasteiger partial charge in [0, 0.05) is 10.4 Å². The SMILES string of the molecule is CC(Br)c1c(Cl)ncnc1Cl. The highest BCUT2D eigenvalue weighted by molar-refractivity contribution is 9.09. The van der Waals surface area contributed by atoms with Crippen molar-refractivity contribution in [2.24, 2.45) is 0 Å². The summed E-state index contributed by atoms with van der Waals surface area (Å²) in [6.45, 7) is 1.91. The summed E-state index contributed by atoms with van der Waals surface area (Å²) in [7, 11) is 0. The van der Waals surface area contributed by atoms with Crippen molar-refractivity contribution >= 4 is 39.1 Å². The van der Waals surface area contributed by atoms with Crippen molar-refractivity contribution in [3.8, 4) is 0 Å². The molecule has 1 aromatic heterocycles. The highest BCUT2D eigenvalue weighted by atomic mass is 79.9. The first-order valence-corrected chi connectivity index (χ1v) is 4.60. The fraction of sp³-hybridized carbons (Fsp3) is 0.333.